The molecule has 1 aliphatic heterocycles. The Morgan fingerprint density at radius 3 is 3.00 bits per heavy atom. The average Bonchev–Trinajstić information content (AvgIpc) is 2.50. The maximum absolute atomic E-state index is 11.9. The zero-order valence-corrected chi connectivity index (χ0v) is 14.5. The van der Waals surface area contributed by atoms with Crippen LogP contribution in [0.1, 0.15) is 25.3 Å². The van der Waals surface area contributed by atoms with Crippen molar-refractivity contribution >= 4 is 40.6 Å². The van der Waals surface area contributed by atoms with Gasteiger partial charge in [0.1, 0.15) is 0 Å². The quantitative estimate of drug-likeness (QED) is 0.672. The van der Waals surface area contributed by atoms with Crippen molar-refractivity contribution in [3.8, 4) is 0 Å². The molecule has 2 rings (SSSR count). The average molecular weight is 341 g/mol. The van der Waals surface area contributed by atoms with E-state index >= 15 is 0 Å². The second kappa shape index (κ2) is 7.79. The number of esters is 1. The molecule has 1 saturated heterocycles. The van der Waals surface area contributed by atoms with Gasteiger partial charge in [-0.25, -0.2) is 0 Å². The van der Waals surface area contributed by atoms with Crippen molar-refractivity contribution in [2.24, 2.45) is 5.92 Å². The summed E-state index contributed by atoms with van der Waals surface area (Å²) in [5, 5.41) is 4.59. The highest BCUT2D eigenvalue weighted by Gasteiger charge is 2.28. The Bertz CT molecular complexity index is 565. The second-order valence-electron chi connectivity index (χ2n) is 5.43. The van der Waals surface area contributed by atoms with Gasteiger partial charge >= 0.3 is 5.97 Å². The number of rotatable bonds is 3. The highest BCUT2D eigenvalue weighted by Crippen LogP contribution is 2.22. The van der Waals surface area contributed by atoms with E-state index < -0.39 is 0 Å². The Morgan fingerprint density at radius 1 is 1.55 bits per heavy atom. The van der Waals surface area contributed by atoms with Gasteiger partial charge in [0.15, 0.2) is 5.11 Å². The second-order valence-corrected chi connectivity index (χ2v) is 6.25. The van der Waals surface area contributed by atoms with E-state index in [1.165, 1.54) is 0 Å². The molecule has 0 aromatic heterocycles. The van der Waals surface area contributed by atoms with E-state index in [1.54, 1.807) is 0 Å². The lowest BCUT2D eigenvalue weighted by atomic mass is 9.98. The van der Waals surface area contributed by atoms with E-state index in [9.17, 15) is 4.79 Å². The van der Waals surface area contributed by atoms with Crippen LogP contribution in [0.25, 0.3) is 0 Å². The SMILES string of the molecule is CCOC(=O)[C@@H]1CCCN(C(=S)Nc2ccc(Cl)cc2C)C1. The largest absolute Gasteiger partial charge is 0.466 e. The van der Waals surface area contributed by atoms with Crippen LogP contribution in [-0.4, -0.2) is 35.7 Å². The zero-order chi connectivity index (χ0) is 16.1. The summed E-state index contributed by atoms with van der Waals surface area (Å²) in [6.45, 7) is 5.69. The summed E-state index contributed by atoms with van der Waals surface area (Å²) < 4.78 is 5.12. The number of nitrogens with zero attached hydrogens (tertiary/aromatic N) is 1. The normalized spacial score (nSPS) is 18.0. The minimum atomic E-state index is -0.127. The number of anilines is 1. The summed E-state index contributed by atoms with van der Waals surface area (Å²) in [6.07, 6.45) is 1.79. The topological polar surface area (TPSA) is 41.6 Å². The van der Waals surface area contributed by atoms with Gasteiger partial charge in [-0.2, -0.15) is 0 Å². The smallest absolute Gasteiger partial charge is 0.310 e. The number of ether oxygens (including phenoxy) is 1. The number of thiocarbonyl (C=S) groups is 1. The Labute approximate surface area is 141 Å². The number of nitrogens with one attached hydrogen (secondary N) is 1. The van der Waals surface area contributed by atoms with Crippen molar-refractivity contribution in [1.29, 1.82) is 0 Å². The molecular weight excluding hydrogens is 320 g/mol. The van der Waals surface area contributed by atoms with Gasteiger partial charge in [0.2, 0.25) is 0 Å². The molecular formula is C16H21ClN2O2S. The maximum Gasteiger partial charge on any atom is 0.310 e. The van der Waals surface area contributed by atoms with Gasteiger partial charge in [-0.3, -0.25) is 4.79 Å². The first-order chi connectivity index (χ1) is 10.5. The first-order valence-electron chi connectivity index (χ1n) is 7.50. The molecule has 0 saturated carbocycles. The predicted molar refractivity (Wildman–Crippen MR) is 93.3 cm³/mol. The maximum atomic E-state index is 11.9. The van der Waals surface area contributed by atoms with Crippen molar-refractivity contribution in [2.75, 3.05) is 25.0 Å². The monoisotopic (exact) mass is 340 g/mol. The van der Waals surface area contributed by atoms with Crippen LogP contribution in [0.2, 0.25) is 5.02 Å². The van der Waals surface area contributed by atoms with E-state index in [0.29, 0.717) is 23.3 Å². The molecule has 1 aromatic carbocycles. The van der Waals surface area contributed by atoms with Gasteiger partial charge in [-0.15, -0.1) is 0 Å². The molecule has 1 N–H and O–H groups in total. The third-order valence-electron chi connectivity index (χ3n) is 3.76. The summed E-state index contributed by atoms with van der Waals surface area (Å²) in [4.78, 5) is 13.9. The van der Waals surface area contributed by atoms with Crippen molar-refractivity contribution in [3.63, 3.8) is 0 Å². The summed E-state index contributed by atoms with van der Waals surface area (Å²) in [5.41, 5.74) is 1.97. The molecule has 1 aromatic rings. The van der Waals surface area contributed by atoms with Gasteiger partial charge in [0.25, 0.3) is 0 Å². The number of piperidine rings is 1. The number of carbonyl (C=O) groups is 1. The Kier molecular flexibility index (Phi) is 6.03. The molecule has 120 valence electrons. The van der Waals surface area contributed by atoms with Crippen LogP contribution in [0.15, 0.2) is 18.2 Å². The molecule has 22 heavy (non-hydrogen) atoms. The highest BCUT2D eigenvalue weighted by atomic mass is 35.5. The van der Waals surface area contributed by atoms with E-state index in [2.05, 4.69) is 5.32 Å². The summed E-state index contributed by atoms with van der Waals surface area (Å²) in [7, 11) is 0. The molecule has 1 atom stereocenters. The molecule has 1 heterocycles. The van der Waals surface area contributed by atoms with Crippen LogP contribution < -0.4 is 5.32 Å². The number of benzene rings is 1. The molecule has 1 fully saturated rings. The molecule has 0 amide bonds. The Morgan fingerprint density at radius 2 is 2.32 bits per heavy atom. The third-order valence-corrected chi connectivity index (χ3v) is 4.35. The van der Waals surface area contributed by atoms with Crippen LogP contribution in [-0.2, 0) is 9.53 Å². The Hall–Kier alpha value is -1.33. The Balaban J connectivity index is 1.98. The van der Waals surface area contributed by atoms with Crippen LogP contribution in [0.5, 0.6) is 0 Å². The fraction of sp³-hybridized carbons (Fsp3) is 0.500. The molecule has 0 aliphatic carbocycles. The van der Waals surface area contributed by atoms with Crippen molar-refractivity contribution in [1.82, 2.24) is 4.90 Å². The standard InChI is InChI=1S/C16H21ClN2O2S/c1-3-21-15(20)12-5-4-8-19(10-12)16(22)18-14-7-6-13(17)9-11(14)2/h6-7,9,12H,3-5,8,10H2,1-2H3,(H,18,22)/t12-/m1/s1. The number of hydrogen-bond donors (Lipinski definition) is 1. The summed E-state index contributed by atoms with van der Waals surface area (Å²) >= 11 is 11.4. The number of hydrogen-bond acceptors (Lipinski definition) is 3. The van der Waals surface area contributed by atoms with E-state index in [1.807, 2.05) is 36.9 Å². The van der Waals surface area contributed by atoms with Gasteiger partial charge in [0, 0.05) is 23.8 Å². The first kappa shape index (κ1) is 17.0. The van der Waals surface area contributed by atoms with E-state index in [4.69, 9.17) is 28.6 Å². The minimum absolute atomic E-state index is 0.0974. The van der Waals surface area contributed by atoms with Gasteiger partial charge in [-0.05, 0) is 62.7 Å². The number of likely N-dealkylation sites (tertiary alicyclic amines) is 1. The predicted octanol–water partition coefficient (Wildman–Crippen LogP) is 3.62. The number of halogens is 1. The molecule has 0 bridgehead atoms. The van der Waals surface area contributed by atoms with Crippen molar-refractivity contribution in [2.45, 2.75) is 26.7 Å². The molecule has 0 spiro atoms. The van der Waals surface area contributed by atoms with Crippen molar-refractivity contribution < 1.29 is 9.53 Å². The van der Waals surface area contributed by atoms with Crippen molar-refractivity contribution in [3.05, 3.63) is 28.8 Å². The fourth-order valence-electron chi connectivity index (χ4n) is 2.58. The zero-order valence-electron chi connectivity index (χ0n) is 12.9. The third kappa shape index (κ3) is 4.34. The van der Waals surface area contributed by atoms with Gasteiger partial charge < -0.3 is 15.0 Å². The summed E-state index contributed by atoms with van der Waals surface area (Å²) in [6, 6.07) is 5.64. The van der Waals surface area contributed by atoms with E-state index in [0.717, 1.165) is 30.6 Å². The first-order valence-corrected chi connectivity index (χ1v) is 8.28. The lowest BCUT2D eigenvalue weighted by molar-refractivity contribution is -0.149. The molecule has 6 heteroatoms. The minimum Gasteiger partial charge on any atom is -0.466 e. The molecule has 0 unspecified atom stereocenters. The summed E-state index contributed by atoms with van der Waals surface area (Å²) in [5.74, 6) is -0.225. The van der Waals surface area contributed by atoms with Gasteiger partial charge in [0.05, 0.1) is 12.5 Å². The number of aryl methyl sites for hydroxylation is 1. The van der Waals surface area contributed by atoms with Crippen LogP contribution in [0.4, 0.5) is 5.69 Å². The van der Waals surface area contributed by atoms with Crippen LogP contribution >= 0.6 is 23.8 Å². The van der Waals surface area contributed by atoms with Crippen LogP contribution in [0, 0.1) is 12.8 Å². The van der Waals surface area contributed by atoms with E-state index in [-0.39, 0.29) is 11.9 Å². The fourth-order valence-corrected chi connectivity index (χ4v) is 3.08. The highest BCUT2D eigenvalue weighted by molar-refractivity contribution is 7.80. The molecule has 1 aliphatic rings. The molecule has 4 nitrogen and oxygen atoms in total. The van der Waals surface area contributed by atoms with Gasteiger partial charge in [-0.1, -0.05) is 11.6 Å². The van der Waals surface area contributed by atoms with Crippen LogP contribution in [0.3, 0.4) is 0 Å². The lowest BCUT2D eigenvalue weighted by Crippen LogP contribution is -2.44. The molecule has 0 radical (unpaired) electrons. The number of carbonyl (C=O) groups excluding carboxylic acids is 1. The lowest BCUT2D eigenvalue weighted by Gasteiger charge is -2.33.